The molecular formula is C17H14BrCl2NO. The molecule has 0 spiro atoms. The van der Waals surface area contributed by atoms with Crippen molar-refractivity contribution in [3.63, 3.8) is 0 Å². The van der Waals surface area contributed by atoms with Gasteiger partial charge in [0.2, 0.25) is 5.91 Å². The zero-order chi connectivity index (χ0) is 15.7. The molecule has 5 heteroatoms. The smallest absolute Gasteiger partial charge is 0.224 e. The summed E-state index contributed by atoms with van der Waals surface area (Å²) in [5.41, 5.74) is 3.36. The van der Waals surface area contributed by atoms with Gasteiger partial charge in [-0.05, 0) is 47.7 Å². The lowest BCUT2D eigenvalue weighted by molar-refractivity contribution is -0.121. The number of fused-ring (bicyclic) bond motifs is 1. The van der Waals surface area contributed by atoms with E-state index in [-0.39, 0.29) is 11.9 Å². The predicted octanol–water partition coefficient (Wildman–Crippen LogP) is 5.10. The van der Waals surface area contributed by atoms with Gasteiger partial charge in [0, 0.05) is 4.47 Å². The van der Waals surface area contributed by atoms with Gasteiger partial charge in [-0.3, -0.25) is 4.79 Å². The largest absolute Gasteiger partial charge is 0.349 e. The monoisotopic (exact) mass is 397 g/mol. The zero-order valence-corrected chi connectivity index (χ0v) is 14.8. The molecule has 2 nitrogen and oxygen atoms in total. The van der Waals surface area contributed by atoms with Crippen LogP contribution in [0.4, 0.5) is 0 Å². The maximum atomic E-state index is 12.3. The quantitative estimate of drug-likeness (QED) is 0.765. The highest BCUT2D eigenvalue weighted by molar-refractivity contribution is 9.10. The first kappa shape index (κ1) is 15.9. The van der Waals surface area contributed by atoms with E-state index in [1.807, 2.05) is 18.2 Å². The van der Waals surface area contributed by atoms with Crippen LogP contribution >= 0.6 is 39.1 Å². The van der Waals surface area contributed by atoms with Crippen LogP contribution in [0.1, 0.15) is 29.2 Å². The van der Waals surface area contributed by atoms with Crippen LogP contribution in [0, 0.1) is 0 Å². The van der Waals surface area contributed by atoms with Crippen LogP contribution in [0.3, 0.4) is 0 Å². The molecule has 1 atom stereocenters. The second kappa shape index (κ2) is 6.61. The highest BCUT2D eigenvalue weighted by Gasteiger charge is 2.25. The number of amides is 1. The molecular weight excluding hydrogens is 385 g/mol. The van der Waals surface area contributed by atoms with Crippen LogP contribution in [0.15, 0.2) is 40.9 Å². The summed E-state index contributed by atoms with van der Waals surface area (Å²) in [5, 5.41) is 4.08. The summed E-state index contributed by atoms with van der Waals surface area (Å²) >= 11 is 15.4. The van der Waals surface area contributed by atoms with Crippen molar-refractivity contribution in [2.45, 2.75) is 25.3 Å². The number of nitrogens with one attached hydrogen (secondary N) is 1. The molecule has 0 bridgehead atoms. The molecule has 0 saturated heterocycles. The van der Waals surface area contributed by atoms with Crippen molar-refractivity contribution in [1.29, 1.82) is 0 Å². The standard InChI is InChI=1S/C17H14BrCl2NO/c18-13-3-1-2-12-11(13)5-7-16(12)21-17(22)9-10-4-6-14(19)15(20)8-10/h1-4,6,8,16H,5,7,9H2,(H,21,22). The number of hydrogen-bond donors (Lipinski definition) is 1. The molecule has 0 saturated carbocycles. The van der Waals surface area contributed by atoms with E-state index in [4.69, 9.17) is 23.2 Å². The number of hydrogen-bond acceptors (Lipinski definition) is 1. The first-order valence-corrected chi connectivity index (χ1v) is 8.60. The fraction of sp³-hybridized carbons (Fsp3) is 0.235. The Morgan fingerprint density at radius 2 is 2.05 bits per heavy atom. The van der Waals surface area contributed by atoms with Gasteiger partial charge in [-0.2, -0.15) is 0 Å². The molecule has 0 fully saturated rings. The van der Waals surface area contributed by atoms with Crippen molar-refractivity contribution in [2.75, 3.05) is 0 Å². The van der Waals surface area contributed by atoms with E-state index < -0.39 is 0 Å². The Labute approximate surface area is 147 Å². The average Bonchev–Trinajstić information content (AvgIpc) is 2.87. The Hall–Kier alpha value is -1.03. The lowest BCUT2D eigenvalue weighted by Crippen LogP contribution is -2.28. The number of carbonyl (C=O) groups is 1. The second-order valence-corrected chi connectivity index (χ2v) is 7.06. The molecule has 1 unspecified atom stereocenters. The summed E-state index contributed by atoms with van der Waals surface area (Å²) in [6.07, 6.45) is 2.22. The average molecular weight is 399 g/mol. The van der Waals surface area contributed by atoms with E-state index >= 15 is 0 Å². The summed E-state index contributed by atoms with van der Waals surface area (Å²) < 4.78 is 1.12. The minimum atomic E-state index is -0.00350. The SMILES string of the molecule is O=C(Cc1ccc(Cl)c(Cl)c1)NC1CCc2c(Br)cccc21. The summed E-state index contributed by atoms with van der Waals surface area (Å²) in [6.45, 7) is 0. The highest BCUT2D eigenvalue weighted by Crippen LogP contribution is 2.35. The van der Waals surface area contributed by atoms with Gasteiger partial charge in [0.25, 0.3) is 0 Å². The van der Waals surface area contributed by atoms with Gasteiger partial charge in [-0.25, -0.2) is 0 Å². The lowest BCUT2D eigenvalue weighted by Gasteiger charge is -2.14. The van der Waals surface area contributed by atoms with Gasteiger partial charge in [-0.1, -0.05) is 57.3 Å². The molecule has 22 heavy (non-hydrogen) atoms. The molecule has 2 aromatic carbocycles. The molecule has 0 aliphatic heterocycles. The van der Waals surface area contributed by atoms with Gasteiger partial charge in [-0.15, -0.1) is 0 Å². The molecule has 3 rings (SSSR count). The molecule has 114 valence electrons. The molecule has 1 aliphatic carbocycles. The molecule has 1 N–H and O–H groups in total. The molecule has 1 aliphatic rings. The molecule has 0 heterocycles. The van der Waals surface area contributed by atoms with Crippen molar-refractivity contribution in [3.05, 3.63) is 67.6 Å². The minimum Gasteiger partial charge on any atom is -0.349 e. The van der Waals surface area contributed by atoms with Crippen molar-refractivity contribution >= 4 is 45.0 Å². The van der Waals surface area contributed by atoms with Gasteiger partial charge in [0.1, 0.15) is 0 Å². The lowest BCUT2D eigenvalue weighted by atomic mass is 10.1. The van der Waals surface area contributed by atoms with E-state index in [0.717, 1.165) is 22.9 Å². The van der Waals surface area contributed by atoms with Crippen molar-refractivity contribution < 1.29 is 4.79 Å². The Kier molecular flexibility index (Phi) is 4.76. The van der Waals surface area contributed by atoms with E-state index in [9.17, 15) is 4.79 Å². The van der Waals surface area contributed by atoms with Crippen molar-refractivity contribution in [2.24, 2.45) is 0 Å². The van der Waals surface area contributed by atoms with Gasteiger partial charge < -0.3 is 5.32 Å². The first-order chi connectivity index (χ1) is 10.5. The summed E-state index contributed by atoms with van der Waals surface area (Å²) in [5.74, 6) is -0.00350. The topological polar surface area (TPSA) is 29.1 Å². The van der Waals surface area contributed by atoms with Gasteiger partial charge in [0.15, 0.2) is 0 Å². The van der Waals surface area contributed by atoms with Crippen LogP contribution in [0.5, 0.6) is 0 Å². The molecule has 0 radical (unpaired) electrons. The second-order valence-electron chi connectivity index (χ2n) is 5.39. The van der Waals surface area contributed by atoms with Gasteiger partial charge in [0.05, 0.1) is 22.5 Å². The van der Waals surface area contributed by atoms with E-state index in [0.29, 0.717) is 16.5 Å². The predicted molar refractivity (Wildman–Crippen MR) is 93.5 cm³/mol. The number of halogens is 3. The Morgan fingerprint density at radius 1 is 1.23 bits per heavy atom. The number of carbonyl (C=O) groups excluding carboxylic acids is 1. The summed E-state index contributed by atoms with van der Waals surface area (Å²) in [7, 11) is 0. The number of benzene rings is 2. The van der Waals surface area contributed by atoms with Crippen LogP contribution in [-0.2, 0) is 17.6 Å². The maximum absolute atomic E-state index is 12.3. The fourth-order valence-corrected chi connectivity index (χ4v) is 3.74. The minimum absolute atomic E-state index is 0.00350. The van der Waals surface area contributed by atoms with Crippen LogP contribution in [-0.4, -0.2) is 5.91 Å². The maximum Gasteiger partial charge on any atom is 0.224 e. The first-order valence-electron chi connectivity index (χ1n) is 7.05. The van der Waals surface area contributed by atoms with Crippen LogP contribution in [0.2, 0.25) is 10.0 Å². The van der Waals surface area contributed by atoms with E-state index in [2.05, 4.69) is 27.3 Å². The Morgan fingerprint density at radius 3 is 2.82 bits per heavy atom. The molecule has 2 aromatic rings. The third-order valence-electron chi connectivity index (χ3n) is 3.90. The summed E-state index contributed by atoms with van der Waals surface area (Å²) in [4.78, 5) is 12.3. The van der Waals surface area contributed by atoms with Crippen LogP contribution < -0.4 is 5.32 Å². The summed E-state index contributed by atoms with van der Waals surface area (Å²) in [6, 6.07) is 11.5. The van der Waals surface area contributed by atoms with E-state index in [1.54, 1.807) is 12.1 Å². The van der Waals surface area contributed by atoms with Gasteiger partial charge >= 0.3 is 0 Å². The third-order valence-corrected chi connectivity index (χ3v) is 5.38. The molecule has 0 aromatic heterocycles. The molecule has 1 amide bonds. The number of rotatable bonds is 3. The highest BCUT2D eigenvalue weighted by atomic mass is 79.9. The third kappa shape index (κ3) is 3.32. The Bertz CT molecular complexity index is 733. The zero-order valence-electron chi connectivity index (χ0n) is 11.7. The van der Waals surface area contributed by atoms with Crippen molar-refractivity contribution in [3.8, 4) is 0 Å². The normalized spacial score (nSPS) is 16.4. The fourth-order valence-electron chi connectivity index (χ4n) is 2.84. The Balaban J connectivity index is 1.69. The van der Waals surface area contributed by atoms with Crippen molar-refractivity contribution in [1.82, 2.24) is 5.32 Å². The van der Waals surface area contributed by atoms with E-state index in [1.165, 1.54) is 11.1 Å². The van der Waals surface area contributed by atoms with Crippen LogP contribution in [0.25, 0.3) is 0 Å².